The zero-order valence-electron chi connectivity index (χ0n) is 19.0. The lowest BCUT2D eigenvalue weighted by Crippen LogP contribution is -2.20. The number of anilines is 1. The molecule has 176 valence electrons. The number of aliphatic hydroxyl groups excluding tert-OH is 1. The van der Waals surface area contributed by atoms with Crippen LogP contribution < -0.4 is 15.4 Å². The number of hydrogen-bond donors (Lipinski definition) is 3. The number of pyridine rings is 1. The third kappa shape index (κ3) is 4.95. The Morgan fingerprint density at radius 1 is 1.18 bits per heavy atom. The number of rotatable bonds is 8. The predicted octanol–water partition coefficient (Wildman–Crippen LogP) is 2.61. The van der Waals surface area contributed by atoms with Crippen LogP contribution in [0.5, 0.6) is 5.88 Å². The van der Waals surface area contributed by atoms with Crippen LogP contribution in [-0.4, -0.2) is 70.2 Å². The zero-order chi connectivity index (χ0) is 22.6. The van der Waals surface area contributed by atoms with Gasteiger partial charge in [0.1, 0.15) is 6.10 Å². The minimum Gasteiger partial charge on any atom is -0.473 e. The van der Waals surface area contributed by atoms with Crippen molar-refractivity contribution in [3.05, 3.63) is 36.3 Å². The van der Waals surface area contributed by atoms with E-state index in [9.17, 15) is 5.11 Å². The summed E-state index contributed by atoms with van der Waals surface area (Å²) in [5.41, 5.74) is 4.21. The molecule has 3 aromatic rings. The van der Waals surface area contributed by atoms with E-state index in [1.807, 2.05) is 22.8 Å². The summed E-state index contributed by atoms with van der Waals surface area (Å²) in [6.45, 7) is 3.06. The van der Waals surface area contributed by atoms with Crippen LogP contribution in [0.2, 0.25) is 0 Å². The van der Waals surface area contributed by atoms with Gasteiger partial charge in [0.15, 0.2) is 0 Å². The molecule has 2 aliphatic rings. The molecular weight excluding hydrogens is 420 g/mol. The Morgan fingerprint density at radius 3 is 2.85 bits per heavy atom. The number of ether oxygens (including phenoxy) is 2. The van der Waals surface area contributed by atoms with Crippen molar-refractivity contribution in [3.63, 3.8) is 0 Å². The maximum absolute atomic E-state index is 10.0. The Balaban J connectivity index is 1.50. The number of aliphatic hydroxyl groups is 1. The summed E-state index contributed by atoms with van der Waals surface area (Å²) in [7, 11) is 1.68. The highest BCUT2D eigenvalue weighted by Crippen LogP contribution is 2.38. The summed E-state index contributed by atoms with van der Waals surface area (Å²) in [4.78, 5) is 8.98. The summed E-state index contributed by atoms with van der Waals surface area (Å²) < 4.78 is 13.2. The molecule has 1 atom stereocenters. The summed E-state index contributed by atoms with van der Waals surface area (Å²) in [6.07, 6.45) is 8.16. The van der Waals surface area contributed by atoms with Gasteiger partial charge in [0.25, 0.3) is 0 Å². The second-order valence-electron chi connectivity index (χ2n) is 8.90. The van der Waals surface area contributed by atoms with Gasteiger partial charge in [-0.05, 0) is 56.3 Å². The number of hydrogen-bond acceptors (Lipinski definition) is 8. The van der Waals surface area contributed by atoms with Crippen LogP contribution >= 0.6 is 0 Å². The second-order valence-corrected chi connectivity index (χ2v) is 8.90. The molecule has 3 N–H and O–H groups in total. The first-order valence-electron chi connectivity index (χ1n) is 11.8. The van der Waals surface area contributed by atoms with E-state index in [1.165, 1.54) is 0 Å². The first-order chi connectivity index (χ1) is 16.2. The third-order valence-corrected chi connectivity index (χ3v) is 6.60. The van der Waals surface area contributed by atoms with Crippen molar-refractivity contribution in [2.24, 2.45) is 0 Å². The summed E-state index contributed by atoms with van der Waals surface area (Å²) in [5.74, 6) is 1.56. The Kier molecular flexibility index (Phi) is 6.70. The van der Waals surface area contributed by atoms with Crippen LogP contribution in [0.1, 0.15) is 43.7 Å². The van der Waals surface area contributed by atoms with Gasteiger partial charge in [0.2, 0.25) is 11.8 Å². The van der Waals surface area contributed by atoms with E-state index in [1.54, 1.807) is 13.3 Å². The van der Waals surface area contributed by atoms with Crippen molar-refractivity contribution in [1.82, 2.24) is 24.9 Å². The van der Waals surface area contributed by atoms with Gasteiger partial charge in [-0.3, -0.25) is 0 Å². The Morgan fingerprint density at radius 2 is 2.06 bits per heavy atom. The minimum atomic E-state index is -0.196. The van der Waals surface area contributed by atoms with E-state index < -0.39 is 0 Å². The van der Waals surface area contributed by atoms with Crippen molar-refractivity contribution in [3.8, 4) is 17.0 Å². The molecule has 0 aromatic carbocycles. The lowest BCUT2D eigenvalue weighted by molar-refractivity contribution is 0.121. The fourth-order valence-electron chi connectivity index (χ4n) is 4.80. The molecule has 9 nitrogen and oxygen atoms in total. The van der Waals surface area contributed by atoms with Gasteiger partial charge >= 0.3 is 0 Å². The van der Waals surface area contributed by atoms with Crippen molar-refractivity contribution >= 4 is 11.5 Å². The topological polar surface area (TPSA) is 106 Å². The summed E-state index contributed by atoms with van der Waals surface area (Å²) >= 11 is 0. The van der Waals surface area contributed by atoms with Crippen LogP contribution in [0.3, 0.4) is 0 Å². The molecule has 33 heavy (non-hydrogen) atoms. The van der Waals surface area contributed by atoms with Gasteiger partial charge in [-0.25, -0.2) is 14.5 Å². The molecule has 1 saturated heterocycles. The fourth-order valence-corrected chi connectivity index (χ4v) is 4.80. The first-order valence-corrected chi connectivity index (χ1v) is 11.8. The lowest BCUT2D eigenvalue weighted by atomic mass is 9.85. The molecule has 1 saturated carbocycles. The largest absolute Gasteiger partial charge is 0.473 e. The maximum atomic E-state index is 10.0. The van der Waals surface area contributed by atoms with E-state index in [2.05, 4.69) is 26.7 Å². The molecule has 0 amide bonds. The van der Waals surface area contributed by atoms with Crippen molar-refractivity contribution in [2.45, 2.75) is 50.2 Å². The number of aromatic nitrogens is 4. The SMILES string of the molecule is COCCNc1ncc2c(-c3ccnc(O[C@@H]4CCNC4)c3)cc(C3CCC(O)CC3)n2n1. The predicted molar refractivity (Wildman–Crippen MR) is 126 cm³/mol. The number of nitrogens with one attached hydrogen (secondary N) is 2. The Bertz CT molecular complexity index is 1070. The minimum absolute atomic E-state index is 0.159. The van der Waals surface area contributed by atoms with E-state index in [4.69, 9.17) is 14.6 Å². The zero-order valence-corrected chi connectivity index (χ0v) is 19.0. The molecule has 9 heteroatoms. The third-order valence-electron chi connectivity index (χ3n) is 6.60. The van der Waals surface area contributed by atoms with E-state index in [0.29, 0.717) is 30.9 Å². The molecule has 1 aliphatic heterocycles. The molecule has 4 heterocycles. The van der Waals surface area contributed by atoms with Crippen LogP contribution in [0.15, 0.2) is 30.6 Å². The van der Waals surface area contributed by atoms with Crippen molar-refractivity contribution < 1.29 is 14.6 Å². The van der Waals surface area contributed by atoms with Gasteiger partial charge in [0, 0.05) is 49.6 Å². The number of fused-ring (bicyclic) bond motifs is 1. The van der Waals surface area contributed by atoms with Gasteiger partial charge in [-0.2, -0.15) is 0 Å². The lowest BCUT2D eigenvalue weighted by Gasteiger charge is -2.25. The molecule has 0 radical (unpaired) electrons. The number of nitrogens with zero attached hydrogens (tertiary/aromatic N) is 4. The second kappa shape index (κ2) is 10.0. The number of methoxy groups -OCH3 is 1. The maximum Gasteiger partial charge on any atom is 0.241 e. The summed E-state index contributed by atoms with van der Waals surface area (Å²) in [6, 6.07) is 6.24. The van der Waals surface area contributed by atoms with E-state index in [-0.39, 0.29) is 12.2 Å². The van der Waals surface area contributed by atoms with Gasteiger partial charge in [-0.1, -0.05) is 0 Å². The molecule has 3 aromatic heterocycles. The van der Waals surface area contributed by atoms with Crippen LogP contribution in [0, 0.1) is 0 Å². The van der Waals surface area contributed by atoms with Crippen molar-refractivity contribution in [1.29, 1.82) is 0 Å². The Hall–Kier alpha value is -2.75. The Labute approximate surface area is 193 Å². The molecule has 2 fully saturated rings. The van der Waals surface area contributed by atoms with E-state index in [0.717, 1.165) is 67.5 Å². The smallest absolute Gasteiger partial charge is 0.241 e. The average Bonchev–Trinajstić information content (AvgIpc) is 3.48. The average molecular weight is 453 g/mol. The highest BCUT2D eigenvalue weighted by Gasteiger charge is 2.26. The molecule has 5 rings (SSSR count). The first kappa shape index (κ1) is 22.1. The standard InChI is InChI=1S/C24H32N6O3/c1-32-11-10-27-24-28-15-22-20(13-21(30(22)29-24)16-2-4-18(31)5-3-16)17-6-9-26-23(12-17)33-19-7-8-25-14-19/h6,9,12-13,15-16,18-19,25,31H,2-5,7-8,10-11,14H2,1H3,(H,27,29)/t16?,18?,19-/m1/s1. The molecule has 0 spiro atoms. The normalized spacial score (nSPS) is 23.2. The van der Waals surface area contributed by atoms with Gasteiger partial charge in [0.05, 0.1) is 24.4 Å². The monoisotopic (exact) mass is 452 g/mol. The van der Waals surface area contributed by atoms with E-state index >= 15 is 0 Å². The fraction of sp³-hybridized carbons (Fsp3) is 0.542. The summed E-state index contributed by atoms with van der Waals surface area (Å²) in [5, 5.41) is 21.4. The van der Waals surface area contributed by atoms with Crippen molar-refractivity contribution in [2.75, 3.05) is 38.7 Å². The molecule has 1 aliphatic carbocycles. The molecule has 0 bridgehead atoms. The van der Waals surface area contributed by atoms with Gasteiger partial charge in [-0.15, -0.1) is 5.10 Å². The molecular formula is C24H32N6O3. The van der Waals surface area contributed by atoms with Crippen LogP contribution in [-0.2, 0) is 4.74 Å². The highest BCUT2D eigenvalue weighted by atomic mass is 16.5. The van der Waals surface area contributed by atoms with Crippen LogP contribution in [0.25, 0.3) is 16.6 Å². The molecule has 0 unspecified atom stereocenters. The quantitative estimate of drug-likeness (QED) is 0.448. The highest BCUT2D eigenvalue weighted by molar-refractivity contribution is 5.81. The van der Waals surface area contributed by atoms with Crippen LogP contribution in [0.4, 0.5) is 5.95 Å². The van der Waals surface area contributed by atoms with Gasteiger partial charge < -0.3 is 25.2 Å².